The summed E-state index contributed by atoms with van der Waals surface area (Å²) in [5.74, 6) is -7.27. The van der Waals surface area contributed by atoms with Gasteiger partial charge in [0.15, 0.2) is 12.2 Å². The van der Waals surface area contributed by atoms with Gasteiger partial charge in [0.25, 0.3) is 0 Å². The molecule has 22 heteroatoms. The van der Waals surface area contributed by atoms with E-state index in [0.717, 1.165) is 0 Å². The maximum absolute atomic E-state index is 12.9. The molecule has 0 spiro atoms. The Morgan fingerprint density at radius 1 is 0.606 bits per heavy atom. The van der Waals surface area contributed by atoms with Crippen LogP contribution in [0.25, 0.3) is 0 Å². The number of carbonyl (C=O) groups is 6. The van der Waals surface area contributed by atoms with Crippen LogP contribution in [-0.4, -0.2) is 135 Å². The maximum Gasteiger partial charge on any atom is 0.336 e. The van der Waals surface area contributed by atoms with Gasteiger partial charge in [0.1, 0.15) is 0 Å². The molecule has 0 aliphatic carbocycles. The zero-order valence-corrected chi connectivity index (χ0v) is 38.7. The molecule has 66 heavy (non-hydrogen) atoms. The SMILES string of the molecule is CCOC(=O)C1=C(COCCN)NC(C)=C(C(=O)OC)C1c1ccccc1Cl.CCOC(=O)C1=C(COCCN)NC(C)=C(C(=O)OC)C1c1ccccc1Cl.O=C(O)C(O)C(O)C(=O)O. The highest BCUT2D eigenvalue weighted by atomic mass is 35.5. The average Bonchev–Trinajstić information content (AvgIpc) is 3.28. The second kappa shape index (κ2) is 28.3. The third kappa shape index (κ3) is 15.1. The van der Waals surface area contributed by atoms with Crippen LogP contribution >= 0.6 is 23.2 Å². The van der Waals surface area contributed by atoms with Crippen LogP contribution in [0.4, 0.5) is 0 Å². The van der Waals surface area contributed by atoms with Crippen molar-refractivity contribution in [2.75, 3.05) is 67.0 Å². The number of carbonyl (C=O) groups excluding carboxylic acids is 4. The zero-order valence-electron chi connectivity index (χ0n) is 37.2. The highest BCUT2D eigenvalue weighted by molar-refractivity contribution is 6.32. The Kier molecular flexibility index (Phi) is 24.1. The Bertz CT molecular complexity index is 2040. The Labute approximate surface area is 391 Å². The predicted octanol–water partition coefficient (Wildman–Crippen LogP) is 2.41. The minimum Gasteiger partial charge on any atom is -0.479 e. The largest absolute Gasteiger partial charge is 0.479 e. The summed E-state index contributed by atoms with van der Waals surface area (Å²) in [4.78, 5) is 70.5. The van der Waals surface area contributed by atoms with E-state index in [-0.39, 0.29) is 37.6 Å². The number of allylic oxidation sites excluding steroid dienone is 2. The van der Waals surface area contributed by atoms with Crippen LogP contribution in [0.3, 0.4) is 0 Å². The van der Waals surface area contributed by atoms with Gasteiger partial charge in [0.2, 0.25) is 0 Å². The Morgan fingerprint density at radius 3 is 1.21 bits per heavy atom. The summed E-state index contributed by atoms with van der Waals surface area (Å²) in [7, 11) is 2.58. The number of dihydropyridines is 2. The molecule has 4 rings (SSSR count). The molecule has 4 atom stereocenters. The van der Waals surface area contributed by atoms with Crippen molar-refractivity contribution in [3.8, 4) is 0 Å². The Hall–Kier alpha value is -5.84. The van der Waals surface area contributed by atoms with Gasteiger partial charge >= 0.3 is 35.8 Å². The molecule has 0 bridgehead atoms. The molecule has 2 aromatic rings. The summed E-state index contributed by atoms with van der Waals surface area (Å²) < 4.78 is 31.6. The molecule has 4 unspecified atom stereocenters. The second-order valence-corrected chi connectivity index (χ2v) is 14.5. The molecule has 0 amide bonds. The van der Waals surface area contributed by atoms with E-state index in [1.54, 1.807) is 76.2 Å². The number of methoxy groups -OCH3 is 2. The number of carboxylic acids is 2. The first-order chi connectivity index (χ1) is 31.4. The molecule has 2 aliphatic heterocycles. The van der Waals surface area contributed by atoms with E-state index < -0.39 is 59.9 Å². The lowest BCUT2D eigenvalue weighted by Gasteiger charge is -2.31. The normalized spacial score (nSPS) is 16.5. The van der Waals surface area contributed by atoms with Crippen molar-refractivity contribution in [3.63, 3.8) is 0 Å². The Morgan fingerprint density at radius 2 is 0.939 bits per heavy atom. The fourth-order valence-electron chi connectivity index (χ4n) is 6.51. The van der Waals surface area contributed by atoms with Gasteiger partial charge in [0.05, 0.1) is 99.4 Å². The van der Waals surface area contributed by atoms with Gasteiger partial charge in [-0.1, -0.05) is 59.6 Å². The summed E-state index contributed by atoms with van der Waals surface area (Å²) in [6, 6.07) is 14.1. The summed E-state index contributed by atoms with van der Waals surface area (Å²) in [5.41, 5.74) is 15.4. The molecule has 20 nitrogen and oxygen atoms in total. The first-order valence-electron chi connectivity index (χ1n) is 20.2. The van der Waals surface area contributed by atoms with E-state index in [4.69, 9.17) is 83.5 Å². The van der Waals surface area contributed by atoms with Crippen molar-refractivity contribution >= 4 is 59.0 Å². The van der Waals surface area contributed by atoms with E-state index in [1.807, 2.05) is 0 Å². The summed E-state index contributed by atoms with van der Waals surface area (Å²) in [6.45, 7) is 8.83. The van der Waals surface area contributed by atoms with Crippen LogP contribution in [0.15, 0.2) is 93.6 Å². The summed E-state index contributed by atoms with van der Waals surface area (Å²) >= 11 is 12.8. The first-order valence-corrected chi connectivity index (χ1v) is 20.9. The molecular formula is C44H56Cl2N4O16. The molecule has 0 fully saturated rings. The Balaban J connectivity index is 0.000000377. The van der Waals surface area contributed by atoms with Gasteiger partial charge in [-0.3, -0.25) is 0 Å². The van der Waals surface area contributed by atoms with Gasteiger partial charge in [0, 0.05) is 34.5 Å². The lowest BCUT2D eigenvalue weighted by atomic mass is 9.80. The van der Waals surface area contributed by atoms with E-state index in [0.29, 0.717) is 81.4 Å². The number of aliphatic hydroxyl groups is 2. The zero-order chi connectivity index (χ0) is 49.7. The third-order valence-electron chi connectivity index (χ3n) is 9.35. The number of ether oxygens (including phenoxy) is 6. The van der Waals surface area contributed by atoms with Crippen LogP contribution in [0.2, 0.25) is 10.0 Å². The molecule has 2 heterocycles. The monoisotopic (exact) mass is 966 g/mol. The van der Waals surface area contributed by atoms with Crippen molar-refractivity contribution in [2.45, 2.75) is 51.7 Å². The fraction of sp³-hybridized carbons (Fsp3) is 0.409. The van der Waals surface area contributed by atoms with Gasteiger partial charge in [-0.2, -0.15) is 0 Å². The minimum absolute atomic E-state index is 0.109. The number of benzene rings is 2. The molecule has 362 valence electrons. The highest BCUT2D eigenvalue weighted by Crippen LogP contribution is 2.43. The molecule has 2 aromatic carbocycles. The predicted molar refractivity (Wildman–Crippen MR) is 238 cm³/mol. The quantitative estimate of drug-likeness (QED) is 0.0569. The van der Waals surface area contributed by atoms with E-state index in [1.165, 1.54) is 14.2 Å². The molecule has 10 N–H and O–H groups in total. The fourth-order valence-corrected chi connectivity index (χ4v) is 7.00. The van der Waals surface area contributed by atoms with E-state index in [9.17, 15) is 28.8 Å². The number of nitrogens with one attached hydrogen (secondary N) is 2. The van der Waals surface area contributed by atoms with Crippen molar-refractivity contribution in [2.24, 2.45) is 11.5 Å². The number of aliphatic carboxylic acids is 2. The smallest absolute Gasteiger partial charge is 0.336 e. The molecule has 0 saturated carbocycles. The van der Waals surface area contributed by atoms with Gasteiger partial charge in [-0.25, -0.2) is 28.8 Å². The minimum atomic E-state index is -2.27. The number of halogens is 2. The summed E-state index contributed by atoms with van der Waals surface area (Å²) in [6.07, 6.45) is -4.53. The number of carboxylic acid groups (broad SMARTS) is 2. The van der Waals surface area contributed by atoms with Gasteiger partial charge < -0.3 is 70.9 Å². The number of hydrogen-bond acceptors (Lipinski definition) is 18. The van der Waals surface area contributed by atoms with E-state index in [2.05, 4.69) is 10.6 Å². The molecule has 0 saturated heterocycles. The van der Waals surface area contributed by atoms with Crippen LogP contribution in [0.5, 0.6) is 0 Å². The van der Waals surface area contributed by atoms with Crippen molar-refractivity contribution < 1.29 is 77.6 Å². The highest BCUT2D eigenvalue weighted by Gasteiger charge is 2.41. The second-order valence-electron chi connectivity index (χ2n) is 13.7. The number of aliphatic hydroxyl groups excluding tert-OH is 2. The number of esters is 4. The van der Waals surface area contributed by atoms with E-state index >= 15 is 0 Å². The number of hydrogen-bond donors (Lipinski definition) is 8. The van der Waals surface area contributed by atoms with Gasteiger partial charge in [-0.15, -0.1) is 0 Å². The van der Waals surface area contributed by atoms with Crippen molar-refractivity contribution in [1.82, 2.24) is 10.6 Å². The molecule has 0 radical (unpaired) electrons. The van der Waals surface area contributed by atoms with Crippen LogP contribution in [0, 0.1) is 0 Å². The topological polar surface area (TPSA) is 315 Å². The van der Waals surface area contributed by atoms with Gasteiger partial charge in [-0.05, 0) is 51.0 Å². The number of nitrogens with two attached hydrogens (primary N) is 2. The molecule has 2 aliphatic rings. The lowest BCUT2D eigenvalue weighted by molar-refractivity contribution is -0.165. The van der Waals surface area contributed by atoms with Crippen molar-refractivity contribution in [1.29, 1.82) is 0 Å². The van der Waals surface area contributed by atoms with Crippen molar-refractivity contribution in [3.05, 3.63) is 115 Å². The van der Waals surface area contributed by atoms with Crippen LogP contribution in [-0.2, 0) is 57.2 Å². The lowest BCUT2D eigenvalue weighted by Crippen LogP contribution is -2.39. The molecule has 0 aromatic heterocycles. The van der Waals surface area contributed by atoms with Crippen LogP contribution < -0.4 is 22.1 Å². The number of rotatable bonds is 19. The summed E-state index contributed by atoms with van der Waals surface area (Å²) in [5, 5.41) is 39.6. The average molecular weight is 968 g/mol. The first kappa shape index (κ1) is 56.3. The molecular weight excluding hydrogens is 911 g/mol. The standard InChI is InChI=1S/2C20H25ClN2O5.C4H6O6/c2*1-4-28-20(25)18-15(11-27-10-9-22)23-12(2)16(19(24)26-3)17(18)13-7-5-6-8-14(13)21;5-1(3(7)8)2(6)4(9)10/h2*5-8,17,23H,4,9-11,22H2,1-3H3;1-2,5-6H,(H,7,8)(H,9,10). The van der Waals surface area contributed by atoms with Crippen LogP contribution in [0.1, 0.15) is 50.7 Å². The third-order valence-corrected chi connectivity index (χ3v) is 10.0. The maximum atomic E-state index is 12.9.